The van der Waals surface area contributed by atoms with Gasteiger partial charge >= 0.3 is 5.97 Å². The molecule has 2 amide bonds. The van der Waals surface area contributed by atoms with Gasteiger partial charge in [0, 0.05) is 23.3 Å². The Hall–Kier alpha value is -3.40. The lowest BCUT2D eigenvalue weighted by Gasteiger charge is -2.09. The molecule has 0 unspecified atom stereocenters. The smallest absolute Gasteiger partial charge is 0.325 e. The van der Waals surface area contributed by atoms with Crippen molar-refractivity contribution in [2.45, 2.75) is 13.8 Å². The van der Waals surface area contributed by atoms with E-state index in [0.29, 0.717) is 34.4 Å². The second-order valence-corrected chi connectivity index (χ2v) is 7.23. The van der Waals surface area contributed by atoms with Crippen LogP contribution in [-0.2, 0) is 14.3 Å². The molecule has 1 aliphatic rings. The van der Waals surface area contributed by atoms with E-state index in [9.17, 15) is 24.5 Å². The molecule has 0 aliphatic carbocycles. The Labute approximate surface area is 169 Å². The molecule has 0 radical (unpaired) electrons. The van der Waals surface area contributed by atoms with Crippen LogP contribution in [0.3, 0.4) is 0 Å². The van der Waals surface area contributed by atoms with Crippen molar-refractivity contribution in [1.82, 2.24) is 4.90 Å². The van der Waals surface area contributed by atoms with E-state index < -0.39 is 28.6 Å². The van der Waals surface area contributed by atoms with E-state index in [1.165, 1.54) is 19.3 Å². The SMILES string of the molecule is COC(=O)CN1C(=O)S/C(=C/c2ccc(-c3cc(C)c(C)c([N+](=O)[O-])c3)o2)C1=O. The van der Waals surface area contributed by atoms with Crippen LogP contribution in [0.25, 0.3) is 17.4 Å². The molecule has 2 aromatic rings. The number of furan rings is 1. The molecule has 150 valence electrons. The Morgan fingerprint density at radius 2 is 2.03 bits per heavy atom. The predicted octanol–water partition coefficient (Wildman–Crippen LogP) is 3.68. The lowest BCUT2D eigenvalue weighted by Crippen LogP contribution is -2.34. The monoisotopic (exact) mass is 416 g/mol. The number of ether oxygens (including phenoxy) is 1. The van der Waals surface area contributed by atoms with E-state index in [4.69, 9.17) is 4.42 Å². The standard InChI is InChI=1S/C19H16N2O7S/c1-10-6-12(7-14(11(10)2)21(25)26)15-5-4-13(28-15)8-16-18(23)20(19(24)29-16)9-17(22)27-3/h4-8H,9H2,1-3H3/b16-8+. The van der Waals surface area contributed by atoms with Gasteiger partial charge in [-0.15, -0.1) is 0 Å². The number of hydrogen-bond donors (Lipinski definition) is 0. The molecule has 9 nitrogen and oxygen atoms in total. The number of thioether (sulfide) groups is 1. The molecular formula is C19H16N2O7S. The first kappa shape index (κ1) is 20.3. The number of carbonyl (C=O) groups excluding carboxylic acids is 3. The zero-order valence-corrected chi connectivity index (χ0v) is 16.6. The third kappa shape index (κ3) is 4.06. The lowest BCUT2D eigenvalue weighted by molar-refractivity contribution is -0.385. The van der Waals surface area contributed by atoms with Gasteiger partial charge < -0.3 is 9.15 Å². The second-order valence-electron chi connectivity index (χ2n) is 6.24. The molecule has 1 fully saturated rings. The topological polar surface area (TPSA) is 120 Å². The van der Waals surface area contributed by atoms with Crippen molar-refractivity contribution in [3.63, 3.8) is 0 Å². The van der Waals surface area contributed by atoms with Gasteiger partial charge in [0.2, 0.25) is 0 Å². The summed E-state index contributed by atoms with van der Waals surface area (Å²) >= 11 is 0.686. The number of rotatable bonds is 5. The van der Waals surface area contributed by atoms with E-state index in [1.807, 2.05) is 0 Å². The van der Waals surface area contributed by atoms with Crippen LogP contribution in [-0.4, -0.2) is 40.6 Å². The quantitative estimate of drug-likeness (QED) is 0.313. The average molecular weight is 416 g/mol. The van der Waals surface area contributed by atoms with Crippen molar-refractivity contribution in [3.8, 4) is 11.3 Å². The summed E-state index contributed by atoms with van der Waals surface area (Å²) in [5.41, 5.74) is 1.83. The van der Waals surface area contributed by atoms with Crippen LogP contribution in [0.4, 0.5) is 10.5 Å². The summed E-state index contributed by atoms with van der Waals surface area (Å²) < 4.78 is 10.2. The molecule has 0 bridgehead atoms. The molecule has 10 heteroatoms. The summed E-state index contributed by atoms with van der Waals surface area (Å²) in [4.78, 5) is 47.3. The number of methoxy groups -OCH3 is 1. The van der Waals surface area contributed by atoms with Crippen molar-refractivity contribution in [1.29, 1.82) is 0 Å². The van der Waals surface area contributed by atoms with E-state index >= 15 is 0 Å². The predicted molar refractivity (Wildman–Crippen MR) is 105 cm³/mol. The highest BCUT2D eigenvalue weighted by atomic mass is 32.2. The number of esters is 1. The summed E-state index contributed by atoms with van der Waals surface area (Å²) in [6, 6.07) is 6.41. The minimum absolute atomic E-state index is 0.0121. The van der Waals surface area contributed by atoms with Crippen LogP contribution in [0.1, 0.15) is 16.9 Å². The van der Waals surface area contributed by atoms with Crippen LogP contribution in [0, 0.1) is 24.0 Å². The largest absolute Gasteiger partial charge is 0.468 e. The Balaban J connectivity index is 1.88. The van der Waals surface area contributed by atoms with Gasteiger partial charge in [-0.2, -0.15) is 0 Å². The molecule has 1 saturated heterocycles. The van der Waals surface area contributed by atoms with E-state index in [-0.39, 0.29) is 10.6 Å². The van der Waals surface area contributed by atoms with Crippen molar-refractivity contribution < 1.29 is 28.5 Å². The van der Waals surface area contributed by atoms with Gasteiger partial charge in [0.05, 0.1) is 16.9 Å². The molecule has 1 aliphatic heterocycles. The van der Waals surface area contributed by atoms with Gasteiger partial charge in [-0.3, -0.25) is 29.4 Å². The number of carbonyl (C=O) groups is 3. The van der Waals surface area contributed by atoms with Gasteiger partial charge in [-0.05, 0) is 49.4 Å². The summed E-state index contributed by atoms with van der Waals surface area (Å²) in [5.74, 6) is -0.643. The average Bonchev–Trinajstić information content (AvgIpc) is 3.24. The molecule has 0 N–H and O–H groups in total. The molecular weight excluding hydrogens is 400 g/mol. The number of amides is 2. The Morgan fingerprint density at radius 3 is 2.69 bits per heavy atom. The fourth-order valence-electron chi connectivity index (χ4n) is 2.72. The number of nitrogens with zero attached hydrogens (tertiary/aromatic N) is 2. The Morgan fingerprint density at radius 1 is 1.31 bits per heavy atom. The van der Waals surface area contributed by atoms with Crippen LogP contribution in [0.5, 0.6) is 0 Å². The van der Waals surface area contributed by atoms with Crippen molar-refractivity contribution in [2.24, 2.45) is 0 Å². The number of nitro groups is 1. The highest BCUT2D eigenvalue weighted by Gasteiger charge is 2.36. The summed E-state index contributed by atoms with van der Waals surface area (Å²) in [6.45, 7) is 2.98. The van der Waals surface area contributed by atoms with Crippen molar-refractivity contribution in [3.05, 3.63) is 56.2 Å². The fourth-order valence-corrected chi connectivity index (χ4v) is 3.54. The zero-order chi connectivity index (χ0) is 21.3. The molecule has 0 atom stereocenters. The number of imide groups is 1. The third-order valence-electron chi connectivity index (χ3n) is 4.41. The number of hydrogen-bond acceptors (Lipinski definition) is 8. The molecule has 2 heterocycles. The zero-order valence-electron chi connectivity index (χ0n) is 15.8. The number of aryl methyl sites for hydroxylation is 1. The van der Waals surface area contributed by atoms with Gasteiger partial charge in [-0.25, -0.2) is 0 Å². The summed E-state index contributed by atoms with van der Waals surface area (Å²) in [7, 11) is 1.17. The van der Waals surface area contributed by atoms with Crippen LogP contribution in [0.15, 0.2) is 33.6 Å². The third-order valence-corrected chi connectivity index (χ3v) is 5.32. The van der Waals surface area contributed by atoms with Gasteiger partial charge in [0.25, 0.3) is 16.8 Å². The van der Waals surface area contributed by atoms with Crippen molar-refractivity contribution >= 4 is 40.6 Å². The lowest BCUT2D eigenvalue weighted by atomic mass is 10.0. The first-order valence-corrected chi connectivity index (χ1v) is 9.21. The first-order valence-electron chi connectivity index (χ1n) is 8.39. The Kier molecular flexibility index (Phi) is 5.55. The second kappa shape index (κ2) is 7.92. The highest BCUT2D eigenvalue weighted by molar-refractivity contribution is 8.18. The molecule has 1 aromatic carbocycles. The minimum atomic E-state index is -0.704. The molecule has 0 saturated carbocycles. The van der Waals surface area contributed by atoms with E-state index in [2.05, 4.69) is 4.74 Å². The Bertz CT molecular complexity index is 1070. The van der Waals surface area contributed by atoms with Gasteiger partial charge in [0.15, 0.2) is 0 Å². The highest BCUT2D eigenvalue weighted by Crippen LogP contribution is 2.34. The van der Waals surface area contributed by atoms with E-state index in [0.717, 1.165) is 10.5 Å². The molecule has 3 rings (SSSR count). The van der Waals surface area contributed by atoms with Crippen molar-refractivity contribution in [2.75, 3.05) is 13.7 Å². The molecule has 1 aromatic heterocycles. The normalized spacial score (nSPS) is 15.3. The van der Waals surface area contributed by atoms with E-state index in [1.54, 1.807) is 32.0 Å². The molecule has 0 spiro atoms. The van der Waals surface area contributed by atoms with Crippen LogP contribution < -0.4 is 0 Å². The van der Waals surface area contributed by atoms with Crippen LogP contribution >= 0.6 is 11.8 Å². The number of nitro benzene ring substituents is 1. The fraction of sp³-hybridized carbons (Fsp3) is 0.211. The maximum atomic E-state index is 12.3. The first-order chi connectivity index (χ1) is 13.7. The van der Waals surface area contributed by atoms with Gasteiger partial charge in [-0.1, -0.05) is 0 Å². The summed E-state index contributed by atoms with van der Waals surface area (Å²) in [5, 5.41) is 10.7. The maximum Gasteiger partial charge on any atom is 0.325 e. The number of benzene rings is 1. The maximum absolute atomic E-state index is 12.3. The van der Waals surface area contributed by atoms with Crippen LogP contribution in [0.2, 0.25) is 0 Å². The molecule has 29 heavy (non-hydrogen) atoms. The minimum Gasteiger partial charge on any atom is -0.468 e. The van der Waals surface area contributed by atoms with Gasteiger partial charge in [0.1, 0.15) is 18.1 Å². The summed E-state index contributed by atoms with van der Waals surface area (Å²) in [6.07, 6.45) is 1.39.